The van der Waals surface area contributed by atoms with Crippen LogP contribution in [0.4, 0.5) is 10.5 Å². The highest BCUT2D eigenvalue weighted by molar-refractivity contribution is 5.89. The monoisotopic (exact) mass is 274 g/mol. The van der Waals surface area contributed by atoms with E-state index in [1.54, 1.807) is 24.9 Å². The van der Waals surface area contributed by atoms with E-state index in [1.807, 2.05) is 36.5 Å². The van der Waals surface area contributed by atoms with E-state index in [4.69, 9.17) is 5.11 Å². The minimum absolute atomic E-state index is 0.0673. The van der Waals surface area contributed by atoms with Gasteiger partial charge in [-0.15, -0.1) is 0 Å². The molecule has 0 saturated heterocycles. The van der Waals surface area contributed by atoms with Gasteiger partial charge >= 0.3 is 6.03 Å². The van der Waals surface area contributed by atoms with E-state index in [0.29, 0.717) is 5.69 Å². The first-order valence-corrected chi connectivity index (χ1v) is 6.36. The Hall–Kier alpha value is -2.34. The quantitative estimate of drug-likeness (QED) is 0.891. The maximum absolute atomic E-state index is 11.9. The van der Waals surface area contributed by atoms with E-state index < -0.39 is 0 Å². The lowest BCUT2D eigenvalue weighted by Crippen LogP contribution is -2.40. The first kappa shape index (κ1) is 14.1. The number of hydrogen-bond acceptors (Lipinski definition) is 3. The maximum Gasteiger partial charge on any atom is 0.321 e. The predicted molar refractivity (Wildman–Crippen MR) is 76.9 cm³/mol. The van der Waals surface area contributed by atoms with Crippen molar-refractivity contribution in [3.8, 4) is 5.69 Å². The van der Waals surface area contributed by atoms with Crippen molar-refractivity contribution in [3.05, 3.63) is 42.7 Å². The molecule has 6 nitrogen and oxygen atoms in total. The summed E-state index contributed by atoms with van der Waals surface area (Å²) in [6.07, 6.45) is 3.56. The molecule has 2 rings (SSSR count). The Labute approximate surface area is 117 Å². The molecule has 2 aromatic rings. The molecule has 0 aliphatic rings. The number of aliphatic hydroxyl groups is 1. The largest absolute Gasteiger partial charge is 0.394 e. The van der Waals surface area contributed by atoms with E-state index in [2.05, 4.69) is 10.4 Å². The maximum atomic E-state index is 11.9. The molecule has 1 aromatic heterocycles. The standard InChI is InChI=1S/C14H18N4O2/c1-11(10-19)17(2)14(20)16-12-4-6-13(7-5-12)18-9-3-8-15-18/h3-9,11,19H,10H2,1-2H3,(H,16,20). The Kier molecular flexibility index (Phi) is 4.37. The number of carbonyl (C=O) groups excluding carboxylic acids is 1. The molecule has 0 spiro atoms. The number of aliphatic hydroxyl groups excluding tert-OH is 1. The predicted octanol–water partition coefficient (Wildman–Crippen LogP) is 1.72. The number of rotatable bonds is 4. The van der Waals surface area contributed by atoms with Gasteiger partial charge in [0.1, 0.15) is 0 Å². The highest BCUT2D eigenvalue weighted by atomic mass is 16.3. The number of urea groups is 1. The van der Waals surface area contributed by atoms with Crippen LogP contribution >= 0.6 is 0 Å². The SMILES string of the molecule is CC(CO)N(C)C(=O)Nc1ccc(-n2cccn2)cc1. The van der Waals surface area contributed by atoms with Crippen molar-refractivity contribution in [1.29, 1.82) is 0 Å². The Bertz CT molecular complexity index is 551. The third-order valence-electron chi connectivity index (χ3n) is 3.13. The zero-order chi connectivity index (χ0) is 14.5. The number of anilines is 1. The van der Waals surface area contributed by atoms with Gasteiger partial charge in [-0.2, -0.15) is 5.10 Å². The summed E-state index contributed by atoms with van der Waals surface area (Å²) in [5, 5.41) is 15.9. The number of amides is 2. The van der Waals surface area contributed by atoms with Crippen LogP contribution in [0.1, 0.15) is 6.92 Å². The van der Waals surface area contributed by atoms with Crippen LogP contribution in [-0.4, -0.2) is 45.5 Å². The Morgan fingerprint density at radius 3 is 2.70 bits per heavy atom. The molecular weight excluding hydrogens is 256 g/mol. The van der Waals surface area contributed by atoms with Gasteiger partial charge in [0.2, 0.25) is 0 Å². The van der Waals surface area contributed by atoms with Crippen LogP contribution in [0.15, 0.2) is 42.7 Å². The minimum atomic E-state index is -0.251. The second-order valence-electron chi connectivity index (χ2n) is 4.57. The van der Waals surface area contributed by atoms with Crippen molar-refractivity contribution >= 4 is 11.7 Å². The number of likely N-dealkylation sites (N-methyl/N-ethyl adjacent to an activating group) is 1. The lowest BCUT2D eigenvalue weighted by Gasteiger charge is -2.23. The van der Waals surface area contributed by atoms with Crippen molar-refractivity contribution < 1.29 is 9.90 Å². The fourth-order valence-electron chi connectivity index (χ4n) is 1.65. The summed E-state index contributed by atoms with van der Waals surface area (Å²) in [5.74, 6) is 0. The van der Waals surface area contributed by atoms with E-state index >= 15 is 0 Å². The third-order valence-corrected chi connectivity index (χ3v) is 3.13. The molecule has 0 radical (unpaired) electrons. The molecule has 106 valence electrons. The zero-order valence-electron chi connectivity index (χ0n) is 11.5. The van der Waals surface area contributed by atoms with Crippen molar-refractivity contribution in [1.82, 2.24) is 14.7 Å². The molecule has 2 amide bonds. The highest BCUT2D eigenvalue weighted by Gasteiger charge is 2.14. The number of carbonyl (C=O) groups is 1. The van der Waals surface area contributed by atoms with Crippen LogP contribution < -0.4 is 5.32 Å². The molecule has 1 unspecified atom stereocenters. The lowest BCUT2D eigenvalue weighted by molar-refractivity contribution is 0.166. The molecule has 2 N–H and O–H groups in total. The van der Waals surface area contributed by atoms with Gasteiger partial charge in [0.25, 0.3) is 0 Å². The van der Waals surface area contributed by atoms with Gasteiger partial charge in [-0.25, -0.2) is 9.48 Å². The minimum Gasteiger partial charge on any atom is -0.394 e. The number of nitrogens with one attached hydrogen (secondary N) is 1. The van der Waals surface area contributed by atoms with Crippen LogP contribution in [0.25, 0.3) is 5.69 Å². The van der Waals surface area contributed by atoms with E-state index in [0.717, 1.165) is 5.69 Å². The van der Waals surface area contributed by atoms with Crippen LogP contribution in [0.3, 0.4) is 0 Å². The first-order valence-electron chi connectivity index (χ1n) is 6.36. The van der Waals surface area contributed by atoms with Crippen molar-refractivity contribution in [3.63, 3.8) is 0 Å². The molecule has 0 bridgehead atoms. The summed E-state index contributed by atoms with van der Waals surface area (Å²) in [4.78, 5) is 13.4. The summed E-state index contributed by atoms with van der Waals surface area (Å²) in [6.45, 7) is 1.71. The first-order chi connectivity index (χ1) is 9.61. The highest BCUT2D eigenvalue weighted by Crippen LogP contribution is 2.13. The van der Waals surface area contributed by atoms with Gasteiger partial charge in [0.15, 0.2) is 0 Å². The third kappa shape index (κ3) is 3.16. The molecule has 20 heavy (non-hydrogen) atoms. The number of hydrogen-bond donors (Lipinski definition) is 2. The Balaban J connectivity index is 2.02. The number of nitrogens with zero attached hydrogens (tertiary/aromatic N) is 3. The molecular formula is C14H18N4O2. The van der Waals surface area contributed by atoms with Crippen molar-refractivity contribution in [2.45, 2.75) is 13.0 Å². The smallest absolute Gasteiger partial charge is 0.321 e. The summed E-state index contributed by atoms with van der Waals surface area (Å²) in [7, 11) is 1.65. The molecule has 0 saturated carbocycles. The average Bonchev–Trinajstić information content (AvgIpc) is 3.00. The van der Waals surface area contributed by atoms with Crippen LogP contribution in [-0.2, 0) is 0 Å². The normalized spacial score (nSPS) is 11.9. The second-order valence-corrected chi connectivity index (χ2v) is 4.57. The molecule has 0 aliphatic carbocycles. The van der Waals surface area contributed by atoms with Crippen molar-refractivity contribution in [2.24, 2.45) is 0 Å². The number of aromatic nitrogens is 2. The second kappa shape index (κ2) is 6.21. The van der Waals surface area contributed by atoms with Crippen molar-refractivity contribution in [2.75, 3.05) is 19.0 Å². The van der Waals surface area contributed by atoms with Gasteiger partial charge in [-0.05, 0) is 37.3 Å². The topological polar surface area (TPSA) is 70.4 Å². The van der Waals surface area contributed by atoms with E-state index in [9.17, 15) is 4.79 Å². The summed E-state index contributed by atoms with van der Waals surface area (Å²) >= 11 is 0. The molecule has 0 fully saturated rings. The summed E-state index contributed by atoms with van der Waals surface area (Å²) in [6, 6.07) is 8.74. The molecule has 1 heterocycles. The zero-order valence-corrected chi connectivity index (χ0v) is 11.5. The fourth-order valence-corrected chi connectivity index (χ4v) is 1.65. The lowest BCUT2D eigenvalue weighted by atomic mass is 10.3. The van der Waals surface area contributed by atoms with Gasteiger partial charge in [0.05, 0.1) is 18.3 Å². The number of benzene rings is 1. The Morgan fingerprint density at radius 2 is 2.15 bits per heavy atom. The van der Waals surface area contributed by atoms with Gasteiger partial charge in [0, 0.05) is 25.1 Å². The fraction of sp³-hybridized carbons (Fsp3) is 0.286. The molecule has 1 aromatic carbocycles. The van der Waals surface area contributed by atoms with E-state index in [1.165, 1.54) is 4.90 Å². The van der Waals surface area contributed by atoms with Crippen LogP contribution in [0.5, 0.6) is 0 Å². The molecule has 6 heteroatoms. The molecule has 1 atom stereocenters. The Morgan fingerprint density at radius 1 is 1.45 bits per heavy atom. The van der Waals surface area contributed by atoms with E-state index in [-0.39, 0.29) is 18.7 Å². The summed E-state index contributed by atoms with van der Waals surface area (Å²) < 4.78 is 1.74. The van der Waals surface area contributed by atoms with Gasteiger partial charge < -0.3 is 15.3 Å². The van der Waals surface area contributed by atoms with Crippen LogP contribution in [0.2, 0.25) is 0 Å². The summed E-state index contributed by atoms with van der Waals surface area (Å²) in [5.41, 5.74) is 1.62. The average molecular weight is 274 g/mol. The van der Waals surface area contributed by atoms with Gasteiger partial charge in [-0.3, -0.25) is 0 Å². The van der Waals surface area contributed by atoms with Crippen LogP contribution in [0, 0.1) is 0 Å². The molecule has 0 aliphatic heterocycles. The van der Waals surface area contributed by atoms with Gasteiger partial charge in [-0.1, -0.05) is 0 Å².